The molecule has 0 bridgehead atoms. The van der Waals surface area contributed by atoms with Gasteiger partial charge in [0.05, 0.1) is 0 Å². The zero-order valence-electron chi connectivity index (χ0n) is 15.3. The number of benzene rings is 1. The Morgan fingerprint density at radius 3 is 2.58 bits per heavy atom. The lowest BCUT2D eigenvalue weighted by Gasteiger charge is -2.34. The summed E-state index contributed by atoms with van der Waals surface area (Å²) in [6, 6.07) is 6.89. The maximum Gasteiger partial charge on any atom is 0.336 e. The van der Waals surface area contributed by atoms with Crippen LogP contribution in [-0.2, 0) is 0 Å². The summed E-state index contributed by atoms with van der Waals surface area (Å²) in [5.74, 6) is 0.594. The van der Waals surface area contributed by atoms with E-state index in [4.69, 9.17) is 9.15 Å². The first-order valence-corrected chi connectivity index (χ1v) is 8.85. The third kappa shape index (κ3) is 5.20. The van der Waals surface area contributed by atoms with Crippen molar-refractivity contribution in [3.63, 3.8) is 0 Å². The van der Waals surface area contributed by atoms with Gasteiger partial charge < -0.3 is 19.2 Å². The lowest BCUT2D eigenvalue weighted by atomic mass is 10.1. The van der Waals surface area contributed by atoms with Crippen LogP contribution in [-0.4, -0.2) is 66.9 Å². The van der Waals surface area contributed by atoms with E-state index in [0.717, 1.165) is 43.7 Å². The van der Waals surface area contributed by atoms with Gasteiger partial charge in [-0.3, -0.25) is 4.90 Å². The van der Waals surface area contributed by atoms with Gasteiger partial charge in [0, 0.05) is 50.2 Å². The van der Waals surface area contributed by atoms with Crippen LogP contribution < -0.4 is 10.4 Å². The molecule has 0 aliphatic carbocycles. The number of β-amino-alcohol motifs (C(OH)–C–C–N with tert-alkyl or cyclic N) is 1. The first kappa shape index (κ1) is 20.7. The second kappa shape index (κ2) is 9.37. The Morgan fingerprint density at radius 2 is 1.88 bits per heavy atom. The van der Waals surface area contributed by atoms with E-state index in [-0.39, 0.29) is 24.6 Å². The number of rotatable bonds is 6. The van der Waals surface area contributed by atoms with Crippen molar-refractivity contribution in [1.29, 1.82) is 0 Å². The van der Waals surface area contributed by atoms with Crippen LogP contribution in [0.25, 0.3) is 11.0 Å². The van der Waals surface area contributed by atoms with Crippen molar-refractivity contribution in [2.24, 2.45) is 0 Å². The molecule has 1 saturated heterocycles. The molecule has 1 N–H and O–H groups in total. The molecule has 1 aliphatic heterocycles. The van der Waals surface area contributed by atoms with Gasteiger partial charge in [0.1, 0.15) is 24.0 Å². The van der Waals surface area contributed by atoms with E-state index in [2.05, 4.69) is 16.7 Å². The fourth-order valence-electron chi connectivity index (χ4n) is 3.23. The van der Waals surface area contributed by atoms with Crippen molar-refractivity contribution in [3.05, 3.63) is 40.2 Å². The fraction of sp³-hybridized carbons (Fsp3) is 0.526. The highest BCUT2D eigenvalue weighted by Crippen LogP contribution is 2.22. The monoisotopic (exact) mass is 382 g/mol. The number of aliphatic hydroxyl groups is 1. The number of fused-ring (bicyclic) bond motifs is 1. The Labute approximate surface area is 159 Å². The largest absolute Gasteiger partial charge is 0.491 e. The molecule has 1 unspecified atom stereocenters. The third-order valence-electron chi connectivity index (χ3n) is 4.75. The number of hydrogen-bond donors (Lipinski definition) is 1. The van der Waals surface area contributed by atoms with Crippen molar-refractivity contribution < 1.29 is 14.3 Å². The highest BCUT2D eigenvalue weighted by molar-refractivity contribution is 5.85. The van der Waals surface area contributed by atoms with Crippen molar-refractivity contribution in [3.8, 4) is 5.75 Å². The average molecular weight is 383 g/mol. The molecule has 2 heterocycles. The molecule has 3 rings (SSSR count). The maximum atomic E-state index is 11.5. The van der Waals surface area contributed by atoms with Gasteiger partial charge in [0.25, 0.3) is 0 Å². The van der Waals surface area contributed by atoms with E-state index in [1.54, 1.807) is 6.07 Å². The number of aryl methyl sites for hydroxylation is 1. The van der Waals surface area contributed by atoms with Gasteiger partial charge in [-0.15, -0.1) is 12.4 Å². The number of ether oxygens (including phenoxy) is 1. The number of aliphatic hydroxyl groups excluding tert-OH is 1. The molecule has 0 radical (unpaired) electrons. The molecule has 6 nitrogen and oxygen atoms in total. The Bertz CT molecular complexity index is 772. The number of likely N-dealkylation sites (N-methyl/N-ethyl adjacent to an activating group) is 1. The van der Waals surface area contributed by atoms with Gasteiger partial charge in [0.15, 0.2) is 0 Å². The van der Waals surface area contributed by atoms with Crippen molar-refractivity contribution in [2.75, 3.05) is 45.9 Å². The minimum absolute atomic E-state index is 0. The van der Waals surface area contributed by atoms with Crippen LogP contribution in [0, 0.1) is 6.92 Å². The summed E-state index contributed by atoms with van der Waals surface area (Å²) in [4.78, 5) is 16.2. The van der Waals surface area contributed by atoms with Crippen LogP contribution in [0.5, 0.6) is 5.75 Å². The molecule has 1 fully saturated rings. The van der Waals surface area contributed by atoms with E-state index in [0.29, 0.717) is 17.9 Å². The molecule has 1 aromatic heterocycles. The minimum atomic E-state index is -0.548. The van der Waals surface area contributed by atoms with Crippen molar-refractivity contribution >= 4 is 23.4 Å². The lowest BCUT2D eigenvalue weighted by Crippen LogP contribution is -2.49. The molecular weight excluding hydrogens is 356 g/mol. The lowest BCUT2D eigenvalue weighted by molar-refractivity contribution is 0.0471. The Balaban J connectivity index is 0.00000243. The van der Waals surface area contributed by atoms with E-state index in [1.807, 2.05) is 19.1 Å². The van der Waals surface area contributed by atoms with Gasteiger partial charge in [-0.05, 0) is 31.2 Å². The van der Waals surface area contributed by atoms with Crippen molar-refractivity contribution in [1.82, 2.24) is 9.80 Å². The Hall–Kier alpha value is -1.60. The SMILES string of the molecule is CCN1CCN(CC(O)COc2ccc3c(C)cc(=O)oc3c2)CC1.Cl. The van der Waals surface area contributed by atoms with E-state index >= 15 is 0 Å². The fourth-order valence-corrected chi connectivity index (χ4v) is 3.23. The third-order valence-corrected chi connectivity index (χ3v) is 4.75. The smallest absolute Gasteiger partial charge is 0.336 e. The van der Waals surface area contributed by atoms with Gasteiger partial charge in [0.2, 0.25) is 0 Å². The van der Waals surface area contributed by atoms with Gasteiger partial charge in [-0.1, -0.05) is 6.92 Å². The van der Waals surface area contributed by atoms with E-state index in [1.165, 1.54) is 6.07 Å². The summed E-state index contributed by atoms with van der Waals surface area (Å²) in [6.07, 6.45) is -0.548. The van der Waals surface area contributed by atoms with Crippen LogP contribution in [0.4, 0.5) is 0 Å². The summed E-state index contributed by atoms with van der Waals surface area (Å²) in [6.45, 7) is 10.0. The molecule has 0 spiro atoms. The van der Waals surface area contributed by atoms with Crippen LogP contribution in [0.2, 0.25) is 0 Å². The molecule has 1 aromatic carbocycles. The zero-order chi connectivity index (χ0) is 17.8. The molecule has 0 amide bonds. The van der Waals surface area contributed by atoms with Crippen LogP contribution in [0.1, 0.15) is 12.5 Å². The summed E-state index contributed by atoms with van der Waals surface area (Å²) in [5.41, 5.74) is 1.02. The topological polar surface area (TPSA) is 66.2 Å². The first-order valence-electron chi connectivity index (χ1n) is 8.85. The molecular formula is C19H27ClN2O4. The van der Waals surface area contributed by atoms with Crippen LogP contribution >= 0.6 is 12.4 Å². The average Bonchev–Trinajstić information content (AvgIpc) is 2.60. The molecule has 26 heavy (non-hydrogen) atoms. The molecule has 144 valence electrons. The predicted octanol–water partition coefficient (Wildman–Crippen LogP) is 1.90. The number of hydrogen-bond acceptors (Lipinski definition) is 6. The first-order chi connectivity index (χ1) is 12.0. The minimum Gasteiger partial charge on any atom is -0.491 e. The zero-order valence-corrected chi connectivity index (χ0v) is 16.1. The van der Waals surface area contributed by atoms with Gasteiger partial charge in [-0.2, -0.15) is 0 Å². The predicted molar refractivity (Wildman–Crippen MR) is 105 cm³/mol. The summed E-state index contributed by atoms with van der Waals surface area (Å²) >= 11 is 0. The summed E-state index contributed by atoms with van der Waals surface area (Å²) in [5, 5.41) is 11.1. The van der Waals surface area contributed by atoms with Gasteiger partial charge in [-0.25, -0.2) is 4.79 Å². The normalized spacial score (nSPS) is 17.0. The Morgan fingerprint density at radius 1 is 1.19 bits per heavy atom. The molecule has 1 atom stereocenters. The highest BCUT2D eigenvalue weighted by Gasteiger charge is 2.18. The quantitative estimate of drug-likeness (QED) is 0.770. The molecule has 0 saturated carbocycles. The number of nitrogens with zero attached hydrogens (tertiary/aromatic N) is 2. The summed E-state index contributed by atoms with van der Waals surface area (Å²) < 4.78 is 10.9. The maximum absolute atomic E-state index is 11.5. The molecule has 7 heteroatoms. The molecule has 2 aromatic rings. The second-order valence-corrected chi connectivity index (χ2v) is 6.61. The number of halogens is 1. The second-order valence-electron chi connectivity index (χ2n) is 6.61. The summed E-state index contributed by atoms with van der Waals surface area (Å²) in [7, 11) is 0. The van der Waals surface area contributed by atoms with Crippen molar-refractivity contribution in [2.45, 2.75) is 20.0 Å². The van der Waals surface area contributed by atoms with Gasteiger partial charge >= 0.3 is 5.63 Å². The van der Waals surface area contributed by atoms with E-state index in [9.17, 15) is 9.90 Å². The van der Waals surface area contributed by atoms with E-state index < -0.39 is 6.10 Å². The Kier molecular flexibility index (Phi) is 7.46. The number of piperazine rings is 1. The standard InChI is InChI=1S/C19H26N2O4.ClH/c1-3-20-6-8-21(9-7-20)12-15(22)13-24-16-4-5-17-14(2)10-19(23)25-18(17)11-16;/h4-5,10-11,15,22H,3,6-9,12-13H2,1-2H3;1H. The van der Waals surface area contributed by atoms with Crippen LogP contribution in [0.3, 0.4) is 0 Å². The van der Waals surface area contributed by atoms with Crippen LogP contribution in [0.15, 0.2) is 33.5 Å². The molecule has 1 aliphatic rings. The highest BCUT2D eigenvalue weighted by atomic mass is 35.5.